The first-order chi connectivity index (χ1) is 9.76. The highest BCUT2D eigenvalue weighted by Crippen LogP contribution is 2.23. The van der Waals surface area contributed by atoms with Gasteiger partial charge in [0.05, 0.1) is 10.8 Å². The summed E-state index contributed by atoms with van der Waals surface area (Å²) in [5.41, 5.74) is 5.11. The molecule has 2 aliphatic rings. The Morgan fingerprint density at radius 2 is 1.71 bits per heavy atom. The van der Waals surface area contributed by atoms with Crippen molar-refractivity contribution in [3.8, 4) is 0 Å². The molecule has 0 radical (unpaired) electrons. The van der Waals surface area contributed by atoms with E-state index in [1.807, 2.05) is 13.8 Å². The van der Waals surface area contributed by atoms with Gasteiger partial charge in [-0.15, -0.1) is 0 Å². The fraction of sp³-hybridized carbons (Fsp3) is 0.923. The van der Waals surface area contributed by atoms with Gasteiger partial charge in [0.25, 0.3) is 0 Å². The zero-order valence-electron chi connectivity index (χ0n) is 12.8. The van der Waals surface area contributed by atoms with E-state index in [0.717, 1.165) is 0 Å². The number of nitrogens with two attached hydrogens (primary N) is 1. The molecule has 0 saturated carbocycles. The van der Waals surface area contributed by atoms with Crippen molar-refractivity contribution in [2.75, 3.05) is 39.4 Å². The summed E-state index contributed by atoms with van der Waals surface area (Å²) in [7, 11) is -3.23. The highest BCUT2D eigenvalue weighted by atomic mass is 32.2. The Hall–Kier alpha value is -0.700. The molecule has 0 atom stereocenters. The van der Waals surface area contributed by atoms with Gasteiger partial charge in [-0.05, 0) is 26.7 Å². The number of sulfonamides is 1. The minimum Gasteiger partial charge on any atom is -0.386 e. The van der Waals surface area contributed by atoms with E-state index in [4.69, 9.17) is 15.9 Å². The second-order valence-electron chi connectivity index (χ2n) is 6.22. The maximum absolute atomic E-state index is 12.6. The molecule has 2 heterocycles. The number of hydrogen-bond acceptors (Lipinski definition) is 5. The summed E-state index contributed by atoms with van der Waals surface area (Å²) in [4.78, 5) is 2.07. The van der Waals surface area contributed by atoms with Crippen molar-refractivity contribution < 1.29 is 13.2 Å². The number of nitrogens with one attached hydrogen (secondary N) is 1. The van der Waals surface area contributed by atoms with Crippen molar-refractivity contribution in [3.05, 3.63) is 0 Å². The fourth-order valence-corrected chi connectivity index (χ4v) is 4.74. The van der Waals surface area contributed by atoms with Crippen LogP contribution in [0.3, 0.4) is 0 Å². The molecule has 2 fully saturated rings. The van der Waals surface area contributed by atoms with E-state index >= 15 is 0 Å². The van der Waals surface area contributed by atoms with Crippen LogP contribution >= 0.6 is 0 Å². The van der Waals surface area contributed by atoms with Crippen molar-refractivity contribution >= 4 is 15.9 Å². The Kier molecular flexibility index (Phi) is 4.92. The summed E-state index contributed by atoms with van der Waals surface area (Å²) in [6.45, 7) is 7.01. The molecule has 122 valence electrons. The summed E-state index contributed by atoms with van der Waals surface area (Å²) in [6.07, 6.45) is 1.17. The molecule has 3 N–H and O–H groups in total. The van der Waals surface area contributed by atoms with Crippen LogP contribution < -0.4 is 5.73 Å². The predicted molar refractivity (Wildman–Crippen MR) is 81.9 cm³/mol. The third kappa shape index (κ3) is 3.39. The van der Waals surface area contributed by atoms with Gasteiger partial charge in [-0.3, -0.25) is 10.3 Å². The Morgan fingerprint density at radius 3 is 2.19 bits per heavy atom. The molecule has 0 aromatic rings. The van der Waals surface area contributed by atoms with E-state index in [1.165, 1.54) is 0 Å². The smallest absolute Gasteiger partial charge is 0.217 e. The van der Waals surface area contributed by atoms with Gasteiger partial charge in [0.1, 0.15) is 5.84 Å². The lowest BCUT2D eigenvalue weighted by Crippen LogP contribution is -2.60. The number of ether oxygens (including phenoxy) is 1. The maximum atomic E-state index is 12.6. The topological polar surface area (TPSA) is 99.7 Å². The summed E-state index contributed by atoms with van der Waals surface area (Å²) < 4.78 is 32.1. The summed E-state index contributed by atoms with van der Waals surface area (Å²) in [6, 6.07) is 0. The number of nitrogens with zero attached hydrogens (tertiary/aromatic N) is 2. The lowest BCUT2D eigenvalue weighted by atomic mass is 10.0. The van der Waals surface area contributed by atoms with Crippen LogP contribution in [-0.2, 0) is 14.8 Å². The van der Waals surface area contributed by atoms with E-state index < -0.39 is 15.6 Å². The molecule has 7 nitrogen and oxygen atoms in total. The molecule has 21 heavy (non-hydrogen) atoms. The molecule has 0 bridgehead atoms. The first-order valence-electron chi connectivity index (χ1n) is 7.42. The second kappa shape index (κ2) is 6.20. The van der Waals surface area contributed by atoms with E-state index in [0.29, 0.717) is 52.2 Å². The van der Waals surface area contributed by atoms with Gasteiger partial charge in [-0.25, -0.2) is 8.42 Å². The minimum absolute atomic E-state index is 0.114. The summed E-state index contributed by atoms with van der Waals surface area (Å²) in [5.74, 6) is 0.114. The van der Waals surface area contributed by atoms with Gasteiger partial charge in [-0.1, -0.05) is 0 Å². The molecular weight excluding hydrogens is 292 g/mol. The quantitative estimate of drug-likeness (QED) is 0.554. The number of rotatable bonds is 4. The molecule has 0 amide bonds. The average molecular weight is 318 g/mol. The Labute approximate surface area is 127 Å². The third-order valence-electron chi connectivity index (χ3n) is 4.64. The summed E-state index contributed by atoms with van der Waals surface area (Å²) in [5, 5.41) is 7.35. The van der Waals surface area contributed by atoms with Gasteiger partial charge in [0.2, 0.25) is 10.0 Å². The Bertz CT molecular complexity index is 478. The van der Waals surface area contributed by atoms with Crippen LogP contribution in [0.25, 0.3) is 0 Å². The first-order valence-corrected chi connectivity index (χ1v) is 8.93. The molecule has 2 saturated heterocycles. The first kappa shape index (κ1) is 16.7. The largest absolute Gasteiger partial charge is 0.386 e. The van der Waals surface area contributed by atoms with Gasteiger partial charge < -0.3 is 10.5 Å². The SMILES string of the molecule is CC(C)(C(=N)N)N1CCN(S(=O)(=O)C2CCOCC2)CC1. The van der Waals surface area contributed by atoms with E-state index in [2.05, 4.69) is 4.90 Å². The minimum atomic E-state index is -3.23. The molecule has 0 aliphatic carbocycles. The van der Waals surface area contributed by atoms with Crippen LogP contribution in [0.1, 0.15) is 26.7 Å². The Morgan fingerprint density at radius 1 is 1.19 bits per heavy atom. The van der Waals surface area contributed by atoms with Crippen LogP contribution in [0.2, 0.25) is 0 Å². The van der Waals surface area contributed by atoms with E-state index in [9.17, 15) is 8.42 Å². The second-order valence-corrected chi connectivity index (χ2v) is 8.43. The van der Waals surface area contributed by atoms with Crippen LogP contribution in [0.5, 0.6) is 0 Å². The zero-order valence-corrected chi connectivity index (χ0v) is 13.7. The van der Waals surface area contributed by atoms with Gasteiger partial charge in [0.15, 0.2) is 0 Å². The van der Waals surface area contributed by atoms with Gasteiger partial charge in [-0.2, -0.15) is 4.31 Å². The monoisotopic (exact) mass is 318 g/mol. The lowest BCUT2D eigenvalue weighted by Gasteiger charge is -2.43. The fourth-order valence-electron chi connectivity index (χ4n) is 2.86. The number of amidine groups is 1. The highest BCUT2D eigenvalue weighted by Gasteiger charge is 2.38. The van der Waals surface area contributed by atoms with Crippen molar-refractivity contribution in [2.45, 2.75) is 37.5 Å². The Balaban J connectivity index is 1.98. The van der Waals surface area contributed by atoms with Gasteiger partial charge >= 0.3 is 0 Å². The molecule has 0 spiro atoms. The van der Waals surface area contributed by atoms with Crippen LogP contribution in [0.4, 0.5) is 0 Å². The predicted octanol–water partition coefficient (Wildman–Crippen LogP) is -0.173. The van der Waals surface area contributed by atoms with E-state index in [1.54, 1.807) is 4.31 Å². The average Bonchev–Trinajstić information content (AvgIpc) is 2.48. The zero-order chi connectivity index (χ0) is 15.7. The normalized spacial score (nSPS) is 24.1. The molecule has 2 aliphatic heterocycles. The molecule has 0 aromatic heterocycles. The lowest BCUT2D eigenvalue weighted by molar-refractivity contribution is 0.0940. The van der Waals surface area contributed by atoms with Crippen LogP contribution in [0.15, 0.2) is 0 Å². The van der Waals surface area contributed by atoms with Crippen LogP contribution in [-0.4, -0.2) is 73.6 Å². The molecule has 2 rings (SSSR count). The van der Waals surface area contributed by atoms with Gasteiger partial charge in [0, 0.05) is 39.4 Å². The highest BCUT2D eigenvalue weighted by molar-refractivity contribution is 7.89. The van der Waals surface area contributed by atoms with Crippen molar-refractivity contribution in [1.29, 1.82) is 5.41 Å². The van der Waals surface area contributed by atoms with Crippen LogP contribution in [0, 0.1) is 5.41 Å². The number of hydrogen-bond donors (Lipinski definition) is 2. The molecule has 0 aromatic carbocycles. The van der Waals surface area contributed by atoms with Crippen molar-refractivity contribution in [3.63, 3.8) is 0 Å². The molecular formula is C13H26N4O3S. The molecule has 0 unspecified atom stereocenters. The molecule has 8 heteroatoms. The standard InChI is InChI=1S/C13H26N4O3S/c1-13(2,12(14)15)16-5-7-17(8-6-16)21(18,19)11-3-9-20-10-4-11/h11H,3-10H2,1-2H3,(H3,14,15). The summed E-state index contributed by atoms with van der Waals surface area (Å²) >= 11 is 0. The third-order valence-corrected chi connectivity index (χ3v) is 7.04. The van der Waals surface area contributed by atoms with Crippen molar-refractivity contribution in [1.82, 2.24) is 9.21 Å². The number of piperazine rings is 1. The maximum Gasteiger partial charge on any atom is 0.217 e. The van der Waals surface area contributed by atoms with E-state index in [-0.39, 0.29) is 11.1 Å². The van der Waals surface area contributed by atoms with Crippen molar-refractivity contribution in [2.24, 2.45) is 5.73 Å².